The van der Waals surface area contributed by atoms with E-state index in [2.05, 4.69) is 10.5 Å². The Morgan fingerprint density at radius 2 is 1.89 bits per heavy atom. The van der Waals surface area contributed by atoms with Gasteiger partial charge in [-0.1, -0.05) is 41.4 Å². The van der Waals surface area contributed by atoms with Crippen molar-refractivity contribution in [3.05, 3.63) is 58.6 Å². The summed E-state index contributed by atoms with van der Waals surface area (Å²) >= 11 is 5.89. The van der Waals surface area contributed by atoms with E-state index >= 15 is 0 Å². The highest BCUT2D eigenvalue weighted by atomic mass is 35.5. The van der Waals surface area contributed by atoms with Gasteiger partial charge in [-0.15, -0.1) is 0 Å². The van der Waals surface area contributed by atoms with Crippen LogP contribution in [0.4, 0.5) is 5.69 Å². The van der Waals surface area contributed by atoms with Crippen molar-refractivity contribution in [2.24, 2.45) is 4.99 Å². The van der Waals surface area contributed by atoms with Crippen molar-refractivity contribution in [2.75, 3.05) is 0 Å². The minimum absolute atomic E-state index is 0.629. The molecule has 0 saturated carbocycles. The van der Waals surface area contributed by atoms with Crippen molar-refractivity contribution >= 4 is 23.1 Å². The van der Waals surface area contributed by atoms with Gasteiger partial charge >= 0.3 is 0 Å². The predicted molar refractivity (Wildman–Crippen MR) is 72.6 cm³/mol. The molecule has 0 amide bonds. The van der Waals surface area contributed by atoms with Crippen molar-refractivity contribution in [3.8, 4) is 5.75 Å². The molecule has 3 nitrogen and oxygen atoms in total. The second kappa shape index (κ2) is 4.35. The van der Waals surface area contributed by atoms with E-state index in [1.165, 1.54) is 5.56 Å². The molecule has 2 aromatic carbocycles. The summed E-state index contributed by atoms with van der Waals surface area (Å²) in [4.78, 5) is 9.94. The third-order valence-electron chi connectivity index (χ3n) is 2.74. The number of fused-ring (bicyclic) bond motifs is 1. The summed E-state index contributed by atoms with van der Waals surface area (Å²) in [6, 6.07) is 13.5. The number of aryl methyl sites for hydroxylation is 1. The lowest BCUT2D eigenvalue weighted by Gasteiger charge is -2.18. The SMILES string of the molecule is Cc1ccc(C2=Nc3ccc(Cl)cc3ON2)cc1. The molecule has 0 aliphatic carbocycles. The lowest BCUT2D eigenvalue weighted by atomic mass is 10.1. The molecule has 0 radical (unpaired) electrons. The van der Waals surface area contributed by atoms with Crippen LogP contribution in [0.2, 0.25) is 5.02 Å². The summed E-state index contributed by atoms with van der Waals surface area (Å²) in [5.74, 6) is 1.34. The van der Waals surface area contributed by atoms with Crippen LogP contribution < -0.4 is 10.3 Å². The number of nitrogens with one attached hydrogen (secondary N) is 1. The molecule has 0 saturated heterocycles. The summed E-state index contributed by atoms with van der Waals surface area (Å²) in [6.07, 6.45) is 0. The summed E-state index contributed by atoms with van der Waals surface area (Å²) in [7, 11) is 0. The number of hydroxylamine groups is 1. The highest BCUT2D eigenvalue weighted by molar-refractivity contribution is 6.30. The van der Waals surface area contributed by atoms with Gasteiger partial charge in [-0.3, -0.25) is 0 Å². The summed E-state index contributed by atoms with van der Waals surface area (Å²) < 4.78 is 0. The van der Waals surface area contributed by atoms with E-state index < -0.39 is 0 Å². The molecule has 1 heterocycles. The number of rotatable bonds is 1. The Morgan fingerprint density at radius 1 is 1.11 bits per heavy atom. The van der Waals surface area contributed by atoms with E-state index in [-0.39, 0.29) is 0 Å². The van der Waals surface area contributed by atoms with Gasteiger partial charge in [0.2, 0.25) is 0 Å². The Labute approximate surface area is 110 Å². The van der Waals surface area contributed by atoms with Crippen molar-refractivity contribution in [2.45, 2.75) is 6.92 Å². The second-order valence-corrected chi connectivity index (χ2v) is 4.58. The summed E-state index contributed by atoms with van der Waals surface area (Å²) in [5.41, 5.74) is 5.80. The van der Waals surface area contributed by atoms with Gasteiger partial charge < -0.3 is 4.84 Å². The fourth-order valence-corrected chi connectivity index (χ4v) is 1.91. The average molecular weight is 259 g/mol. The number of amidine groups is 1. The van der Waals surface area contributed by atoms with Crippen LogP contribution in [0.25, 0.3) is 0 Å². The van der Waals surface area contributed by atoms with Crippen LogP contribution in [0.1, 0.15) is 11.1 Å². The van der Waals surface area contributed by atoms with Gasteiger partial charge in [0.25, 0.3) is 0 Å². The molecule has 1 N–H and O–H groups in total. The van der Waals surface area contributed by atoms with Gasteiger partial charge in [-0.2, -0.15) is 0 Å². The van der Waals surface area contributed by atoms with Crippen LogP contribution in [0.5, 0.6) is 5.75 Å². The minimum Gasteiger partial charge on any atom is -0.378 e. The predicted octanol–water partition coefficient (Wildman–Crippen LogP) is 3.62. The Morgan fingerprint density at radius 3 is 2.67 bits per heavy atom. The van der Waals surface area contributed by atoms with Crippen molar-refractivity contribution < 1.29 is 4.84 Å². The van der Waals surface area contributed by atoms with E-state index in [9.17, 15) is 0 Å². The second-order valence-electron chi connectivity index (χ2n) is 4.14. The highest BCUT2D eigenvalue weighted by Gasteiger charge is 2.14. The van der Waals surface area contributed by atoms with Crippen LogP contribution in [-0.4, -0.2) is 5.84 Å². The summed E-state index contributed by atoms with van der Waals surface area (Å²) in [5, 5.41) is 0.629. The maximum Gasteiger partial charge on any atom is 0.182 e. The van der Waals surface area contributed by atoms with Gasteiger partial charge in [0, 0.05) is 16.7 Å². The Balaban J connectivity index is 2.00. The molecule has 0 unspecified atom stereocenters. The van der Waals surface area contributed by atoms with Gasteiger partial charge in [0.05, 0.1) is 0 Å². The van der Waals surface area contributed by atoms with Crippen molar-refractivity contribution in [1.29, 1.82) is 0 Å². The molecule has 4 heteroatoms. The van der Waals surface area contributed by atoms with E-state index in [0.29, 0.717) is 16.6 Å². The Hall–Kier alpha value is -2.00. The molecule has 0 aromatic heterocycles. The third-order valence-corrected chi connectivity index (χ3v) is 2.97. The topological polar surface area (TPSA) is 33.6 Å². The first-order valence-corrected chi connectivity index (χ1v) is 5.98. The van der Waals surface area contributed by atoms with E-state index in [1.54, 1.807) is 12.1 Å². The fraction of sp³-hybridized carbons (Fsp3) is 0.0714. The highest BCUT2D eigenvalue weighted by Crippen LogP contribution is 2.32. The molecule has 1 aliphatic heterocycles. The smallest absolute Gasteiger partial charge is 0.182 e. The molecule has 0 fully saturated rings. The largest absolute Gasteiger partial charge is 0.378 e. The molecule has 18 heavy (non-hydrogen) atoms. The normalized spacial score (nSPS) is 13.1. The maximum absolute atomic E-state index is 5.89. The van der Waals surface area contributed by atoms with Gasteiger partial charge in [-0.25, -0.2) is 10.5 Å². The molecular weight excluding hydrogens is 248 g/mol. The zero-order chi connectivity index (χ0) is 12.5. The zero-order valence-corrected chi connectivity index (χ0v) is 10.5. The van der Waals surface area contributed by atoms with Gasteiger partial charge in [-0.05, 0) is 19.1 Å². The van der Waals surface area contributed by atoms with Crippen LogP contribution >= 0.6 is 11.6 Å². The number of nitrogens with zero attached hydrogens (tertiary/aromatic N) is 1. The molecule has 1 aliphatic rings. The van der Waals surface area contributed by atoms with Crippen LogP contribution in [0.3, 0.4) is 0 Å². The number of benzene rings is 2. The Kier molecular flexibility index (Phi) is 2.68. The van der Waals surface area contributed by atoms with Crippen molar-refractivity contribution in [1.82, 2.24) is 5.48 Å². The van der Waals surface area contributed by atoms with Crippen LogP contribution in [0.15, 0.2) is 47.5 Å². The molecular formula is C14H11ClN2O. The zero-order valence-electron chi connectivity index (χ0n) is 9.77. The van der Waals surface area contributed by atoms with Crippen molar-refractivity contribution in [3.63, 3.8) is 0 Å². The lowest BCUT2D eigenvalue weighted by molar-refractivity contribution is 0.259. The number of hydrogen-bond donors (Lipinski definition) is 1. The van der Waals surface area contributed by atoms with Gasteiger partial charge in [0.15, 0.2) is 11.6 Å². The third kappa shape index (κ3) is 2.05. The Bertz CT molecular complexity index is 620. The number of aliphatic imine (C=N–C) groups is 1. The van der Waals surface area contributed by atoms with Gasteiger partial charge in [0.1, 0.15) is 5.69 Å². The molecule has 0 bridgehead atoms. The molecule has 2 aromatic rings. The van der Waals surface area contributed by atoms with E-state index in [4.69, 9.17) is 16.4 Å². The average Bonchev–Trinajstić information content (AvgIpc) is 2.39. The first-order valence-electron chi connectivity index (χ1n) is 5.60. The minimum atomic E-state index is 0.629. The quantitative estimate of drug-likeness (QED) is 0.848. The molecule has 0 spiro atoms. The first-order chi connectivity index (χ1) is 8.72. The first kappa shape index (κ1) is 11.1. The lowest BCUT2D eigenvalue weighted by Crippen LogP contribution is -2.30. The molecule has 90 valence electrons. The van der Waals surface area contributed by atoms with E-state index in [0.717, 1.165) is 11.3 Å². The standard InChI is InChI=1S/C14H11ClN2O/c1-9-2-4-10(5-3-9)14-16-12-7-6-11(15)8-13(12)18-17-14/h2-8H,1H3,(H,16,17). The number of hydrogen-bond acceptors (Lipinski definition) is 3. The summed E-state index contributed by atoms with van der Waals surface area (Å²) in [6.45, 7) is 2.05. The maximum atomic E-state index is 5.89. The molecule has 3 rings (SSSR count). The number of halogens is 1. The van der Waals surface area contributed by atoms with Crippen LogP contribution in [-0.2, 0) is 0 Å². The fourth-order valence-electron chi connectivity index (χ4n) is 1.74. The molecule has 0 atom stereocenters. The van der Waals surface area contributed by atoms with Crippen LogP contribution in [0, 0.1) is 6.92 Å². The van der Waals surface area contributed by atoms with E-state index in [1.807, 2.05) is 37.3 Å². The monoisotopic (exact) mass is 258 g/mol.